The molecule has 2 aromatic rings. The number of pyridine rings is 1. The van der Waals surface area contributed by atoms with Gasteiger partial charge in [-0.15, -0.1) is 11.3 Å². The lowest BCUT2D eigenvalue weighted by Crippen LogP contribution is -2.30. The van der Waals surface area contributed by atoms with Crippen LogP contribution >= 0.6 is 11.3 Å². The molecule has 4 nitrogen and oxygen atoms in total. The number of nitrogens with zero attached hydrogens (tertiary/aromatic N) is 2. The van der Waals surface area contributed by atoms with E-state index in [2.05, 4.69) is 4.98 Å². The SMILES string of the molecule is O=C(c1cccs1)N1CCC(Oc2ccncc2)C1. The molecule has 1 amide bonds. The van der Waals surface area contributed by atoms with Gasteiger partial charge in [0.2, 0.25) is 0 Å². The summed E-state index contributed by atoms with van der Waals surface area (Å²) < 4.78 is 5.84. The summed E-state index contributed by atoms with van der Waals surface area (Å²) in [5.74, 6) is 0.918. The first-order chi connectivity index (χ1) is 9.33. The average Bonchev–Trinajstić information content (AvgIpc) is 3.10. The van der Waals surface area contributed by atoms with Crippen molar-refractivity contribution in [3.05, 3.63) is 46.9 Å². The van der Waals surface area contributed by atoms with Crippen molar-refractivity contribution in [2.45, 2.75) is 12.5 Å². The number of amides is 1. The van der Waals surface area contributed by atoms with Gasteiger partial charge in [-0.1, -0.05) is 6.07 Å². The number of thiophene rings is 1. The molecule has 98 valence electrons. The molecular formula is C14H14N2O2S. The number of aromatic nitrogens is 1. The first-order valence-corrected chi connectivity index (χ1v) is 7.10. The molecular weight excluding hydrogens is 260 g/mol. The molecule has 1 aliphatic rings. The van der Waals surface area contributed by atoms with Gasteiger partial charge in [-0.3, -0.25) is 9.78 Å². The summed E-state index contributed by atoms with van der Waals surface area (Å²) in [6.07, 6.45) is 4.36. The van der Waals surface area contributed by atoms with Crippen molar-refractivity contribution in [2.24, 2.45) is 0 Å². The van der Waals surface area contributed by atoms with Gasteiger partial charge in [0.1, 0.15) is 11.9 Å². The number of rotatable bonds is 3. The van der Waals surface area contributed by atoms with Gasteiger partial charge in [-0.2, -0.15) is 0 Å². The van der Waals surface area contributed by atoms with Crippen LogP contribution in [-0.2, 0) is 0 Å². The van der Waals surface area contributed by atoms with E-state index in [-0.39, 0.29) is 12.0 Å². The van der Waals surface area contributed by atoms with E-state index in [0.29, 0.717) is 6.54 Å². The third-order valence-electron chi connectivity index (χ3n) is 3.12. The van der Waals surface area contributed by atoms with Crippen molar-refractivity contribution in [1.29, 1.82) is 0 Å². The summed E-state index contributed by atoms with van der Waals surface area (Å²) in [6, 6.07) is 7.44. The first kappa shape index (κ1) is 12.2. The van der Waals surface area contributed by atoms with E-state index in [1.54, 1.807) is 12.4 Å². The normalized spacial score (nSPS) is 18.5. The predicted molar refractivity (Wildman–Crippen MR) is 73.5 cm³/mol. The van der Waals surface area contributed by atoms with Crippen LogP contribution < -0.4 is 4.74 Å². The summed E-state index contributed by atoms with van der Waals surface area (Å²) >= 11 is 1.48. The molecule has 1 saturated heterocycles. The number of hydrogen-bond donors (Lipinski definition) is 0. The Labute approximate surface area is 115 Å². The monoisotopic (exact) mass is 274 g/mol. The minimum atomic E-state index is 0.0753. The Balaban J connectivity index is 1.60. The van der Waals surface area contributed by atoms with Gasteiger partial charge in [0.15, 0.2) is 0 Å². The molecule has 0 bridgehead atoms. The van der Waals surface area contributed by atoms with Gasteiger partial charge in [-0.05, 0) is 23.6 Å². The zero-order chi connectivity index (χ0) is 13.1. The quantitative estimate of drug-likeness (QED) is 0.863. The molecule has 0 aliphatic carbocycles. The van der Waals surface area contributed by atoms with Crippen molar-refractivity contribution >= 4 is 17.2 Å². The lowest BCUT2D eigenvalue weighted by Gasteiger charge is -2.16. The van der Waals surface area contributed by atoms with Crippen LogP contribution in [0.3, 0.4) is 0 Å². The van der Waals surface area contributed by atoms with E-state index in [9.17, 15) is 4.79 Å². The number of carbonyl (C=O) groups excluding carboxylic acids is 1. The first-order valence-electron chi connectivity index (χ1n) is 6.22. The highest BCUT2D eigenvalue weighted by Gasteiger charge is 2.28. The molecule has 2 aromatic heterocycles. The van der Waals surface area contributed by atoms with E-state index >= 15 is 0 Å². The second kappa shape index (κ2) is 5.40. The summed E-state index contributed by atoms with van der Waals surface area (Å²) in [5.41, 5.74) is 0. The van der Waals surface area contributed by atoms with Crippen molar-refractivity contribution in [1.82, 2.24) is 9.88 Å². The van der Waals surface area contributed by atoms with Gasteiger partial charge in [0, 0.05) is 25.4 Å². The third kappa shape index (κ3) is 2.76. The number of ether oxygens (including phenoxy) is 1. The largest absolute Gasteiger partial charge is 0.488 e. The lowest BCUT2D eigenvalue weighted by atomic mass is 10.3. The highest BCUT2D eigenvalue weighted by atomic mass is 32.1. The predicted octanol–water partition coefficient (Wildman–Crippen LogP) is 2.44. The van der Waals surface area contributed by atoms with Crippen LogP contribution in [0.15, 0.2) is 42.0 Å². The van der Waals surface area contributed by atoms with Crippen LogP contribution in [0.2, 0.25) is 0 Å². The molecule has 19 heavy (non-hydrogen) atoms. The van der Waals surface area contributed by atoms with E-state index in [1.807, 2.05) is 34.5 Å². The van der Waals surface area contributed by atoms with Crippen LogP contribution in [0, 0.1) is 0 Å². The van der Waals surface area contributed by atoms with E-state index in [4.69, 9.17) is 4.74 Å². The van der Waals surface area contributed by atoms with E-state index in [0.717, 1.165) is 23.6 Å². The van der Waals surface area contributed by atoms with Crippen molar-refractivity contribution in [3.63, 3.8) is 0 Å². The Kier molecular flexibility index (Phi) is 3.46. The molecule has 0 radical (unpaired) electrons. The molecule has 0 aromatic carbocycles. The molecule has 1 atom stereocenters. The van der Waals surface area contributed by atoms with Crippen LogP contribution in [0.5, 0.6) is 5.75 Å². The fourth-order valence-electron chi connectivity index (χ4n) is 2.17. The Morgan fingerprint density at radius 1 is 1.37 bits per heavy atom. The maximum Gasteiger partial charge on any atom is 0.264 e. The molecule has 0 spiro atoms. The molecule has 3 heterocycles. The van der Waals surface area contributed by atoms with Crippen molar-refractivity contribution in [2.75, 3.05) is 13.1 Å². The molecule has 5 heteroatoms. The Hall–Kier alpha value is -1.88. The minimum Gasteiger partial charge on any atom is -0.488 e. The average molecular weight is 274 g/mol. The molecule has 1 aliphatic heterocycles. The lowest BCUT2D eigenvalue weighted by molar-refractivity contribution is 0.0777. The van der Waals surface area contributed by atoms with E-state index in [1.165, 1.54) is 11.3 Å². The zero-order valence-electron chi connectivity index (χ0n) is 10.4. The summed E-state index contributed by atoms with van der Waals surface area (Å²) in [6.45, 7) is 1.41. The van der Waals surface area contributed by atoms with Crippen molar-refractivity contribution in [3.8, 4) is 5.75 Å². The summed E-state index contributed by atoms with van der Waals surface area (Å²) in [7, 11) is 0. The minimum absolute atomic E-state index is 0.0753. The highest BCUT2D eigenvalue weighted by molar-refractivity contribution is 7.12. The van der Waals surface area contributed by atoms with Crippen LogP contribution in [0.4, 0.5) is 0 Å². The second-order valence-corrected chi connectivity index (χ2v) is 5.39. The maximum atomic E-state index is 12.2. The van der Waals surface area contributed by atoms with Gasteiger partial charge in [0.05, 0.1) is 11.4 Å². The molecule has 0 N–H and O–H groups in total. The fraction of sp³-hybridized carbons (Fsp3) is 0.286. The smallest absolute Gasteiger partial charge is 0.264 e. The number of carbonyl (C=O) groups is 1. The summed E-state index contributed by atoms with van der Waals surface area (Å²) in [4.78, 5) is 18.8. The Morgan fingerprint density at radius 2 is 2.21 bits per heavy atom. The zero-order valence-corrected chi connectivity index (χ0v) is 11.2. The van der Waals surface area contributed by atoms with Crippen molar-refractivity contribution < 1.29 is 9.53 Å². The molecule has 1 fully saturated rings. The topological polar surface area (TPSA) is 42.4 Å². The fourth-order valence-corrected chi connectivity index (χ4v) is 2.86. The summed E-state index contributed by atoms with van der Waals surface area (Å²) in [5, 5.41) is 1.92. The standard InChI is InChI=1S/C14H14N2O2S/c17-14(13-2-1-9-19-13)16-8-5-12(10-16)18-11-3-6-15-7-4-11/h1-4,6-7,9,12H,5,8,10H2. The van der Waals surface area contributed by atoms with Gasteiger partial charge < -0.3 is 9.64 Å². The van der Waals surface area contributed by atoms with Gasteiger partial charge in [0.25, 0.3) is 5.91 Å². The maximum absolute atomic E-state index is 12.2. The molecule has 1 unspecified atom stereocenters. The molecule has 0 saturated carbocycles. The number of hydrogen-bond acceptors (Lipinski definition) is 4. The second-order valence-electron chi connectivity index (χ2n) is 4.44. The van der Waals surface area contributed by atoms with Crippen LogP contribution in [0.25, 0.3) is 0 Å². The number of likely N-dealkylation sites (tertiary alicyclic amines) is 1. The van der Waals surface area contributed by atoms with Crippen LogP contribution in [0.1, 0.15) is 16.1 Å². The van der Waals surface area contributed by atoms with Gasteiger partial charge >= 0.3 is 0 Å². The Morgan fingerprint density at radius 3 is 2.95 bits per heavy atom. The van der Waals surface area contributed by atoms with Crippen LogP contribution in [-0.4, -0.2) is 35.0 Å². The van der Waals surface area contributed by atoms with Gasteiger partial charge in [-0.25, -0.2) is 0 Å². The molecule has 3 rings (SSSR count). The third-order valence-corrected chi connectivity index (χ3v) is 3.97. The highest BCUT2D eigenvalue weighted by Crippen LogP contribution is 2.20. The Bertz CT molecular complexity index is 542. The van der Waals surface area contributed by atoms with E-state index < -0.39 is 0 Å².